The summed E-state index contributed by atoms with van der Waals surface area (Å²) in [5, 5.41) is 0.276. The van der Waals surface area contributed by atoms with Gasteiger partial charge in [0.2, 0.25) is 0 Å². The first-order valence-electron chi connectivity index (χ1n) is 9.57. The molecule has 2 aliphatic heterocycles. The van der Waals surface area contributed by atoms with Gasteiger partial charge in [-0.05, 0) is 64.2 Å². The molecule has 4 heteroatoms. The summed E-state index contributed by atoms with van der Waals surface area (Å²) in [5.41, 5.74) is 6.27. The van der Waals surface area contributed by atoms with Gasteiger partial charge in [-0.15, -0.1) is 0 Å². The Morgan fingerprint density at radius 1 is 1.12 bits per heavy atom. The molecule has 0 aromatic heterocycles. The third-order valence-electron chi connectivity index (χ3n) is 5.04. The highest BCUT2D eigenvalue weighted by Gasteiger charge is 2.37. The average Bonchev–Trinajstić information content (AvgIpc) is 2.88. The second kappa shape index (κ2) is 7.51. The number of nitrogens with zero attached hydrogens (tertiary/aromatic N) is 2. The minimum Gasteiger partial charge on any atom is -0.475 e. The lowest BCUT2D eigenvalue weighted by molar-refractivity contribution is 0.0557. The largest absolute Gasteiger partial charge is 0.475 e. The Bertz CT molecular complexity index is 779. The molecule has 0 fully saturated rings. The van der Waals surface area contributed by atoms with Crippen LogP contribution in [0, 0.1) is 20.8 Å². The van der Waals surface area contributed by atoms with Crippen LogP contribution in [0.15, 0.2) is 34.9 Å². The smallest absolute Gasteiger partial charge is 0.198 e. The Labute approximate surface area is 162 Å². The molecule has 0 amide bonds. The van der Waals surface area contributed by atoms with E-state index in [1.807, 2.05) is 11.8 Å². The van der Waals surface area contributed by atoms with Gasteiger partial charge >= 0.3 is 0 Å². The first kappa shape index (κ1) is 19.1. The summed E-state index contributed by atoms with van der Waals surface area (Å²) in [7, 11) is 0. The Kier molecular flexibility index (Phi) is 5.52. The molecule has 1 atom stereocenters. The first-order valence-corrected chi connectivity index (χ1v) is 10.5. The van der Waals surface area contributed by atoms with Crippen molar-refractivity contribution in [1.29, 1.82) is 0 Å². The van der Waals surface area contributed by atoms with Crippen LogP contribution in [-0.4, -0.2) is 22.1 Å². The third-order valence-corrected chi connectivity index (χ3v) is 6.21. The second-order valence-electron chi connectivity index (χ2n) is 7.31. The molecule has 0 saturated carbocycles. The summed E-state index contributed by atoms with van der Waals surface area (Å²) >= 11 is 1.88. The van der Waals surface area contributed by atoms with Crippen LogP contribution in [0.25, 0.3) is 4.91 Å². The molecule has 2 aliphatic rings. The van der Waals surface area contributed by atoms with Gasteiger partial charge in [0.05, 0.1) is 16.4 Å². The van der Waals surface area contributed by atoms with Crippen LogP contribution in [0.2, 0.25) is 0 Å². The molecular weight excluding hydrogens is 340 g/mol. The lowest BCUT2D eigenvalue weighted by atomic mass is 9.99. The van der Waals surface area contributed by atoms with Gasteiger partial charge in [-0.1, -0.05) is 43.3 Å². The summed E-state index contributed by atoms with van der Waals surface area (Å²) in [6.45, 7) is 15.2. The van der Waals surface area contributed by atoms with E-state index >= 15 is 0 Å². The Morgan fingerprint density at radius 3 is 2.31 bits per heavy atom. The maximum atomic E-state index is 6.37. The number of hydrogen-bond donors (Lipinski definition) is 0. The molecule has 3 rings (SSSR count). The molecule has 0 N–H and O–H groups in total. The number of benzene rings is 1. The van der Waals surface area contributed by atoms with Crippen molar-refractivity contribution in [3.63, 3.8) is 0 Å². The quantitative estimate of drug-likeness (QED) is 0.621. The maximum absolute atomic E-state index is 6.37. The summed E-state index contributed by atoms with van der Waals surface area (Å²) in [6, 6.07) is 4.53. The van der Waals surface area contributed by atoms with Gasteiger partial charge in [0, 0.05) is 11.8 Å². The van der Waals surface area contributed by atoms with Crippen LogP contribution in [0.1, 0.15) is 62.8 Å². The molecule has 1 aromatic carbocycles. The first-order chi connectivity index (χ1) is 12.3. The van der Waals surface area contributed by atoms with E-state index < -0.39 is 0 Å². The van der Waals surface area contributed by atoms with E-state index in [9.17, 15) is 0 Å². The highest BCUT2D eigenvalue weighted by molar-refractivity contribution is 8.09. The monoisotopic (exact) mass is 370 g/mol. The fourth-order valence-corrected chi connectivity index (χ4v) is 5.16. The number of fused-ring (bicyclic) bond motifs is 1. The number of hydrogen-bond acceptors (Lipinski definition) is 4. The van der Waals surface area contributed by atoms with E-state index in [-0.39, 0.29) is 11.5 Å². The van der Waals surface area contributed by atoms with E-state index in [4.69, 9.17) is 9.73 Å². The summed E-state index contributed by atoms with van der Waals surface area (Å²) in [5.74, 6) is 1.98. The van der Waals surface area contributed by atoms with E-state index in [2.05, 4.69) is 71.6 Å². The van der Waals surface area contributed by atoms with Crippen LogP contribution >= 0.6 is 11.8 Å². The second-order valence-corrected chi connectivity index (χ2v) is 8.63. The predicted octanol–water partition coefficient (Wildman–Crippen LogP) is 6.15. The van der Waals surface area contributed by atoms with Crippen molar-refractivity contribution in [1.82, 2.24) is 4.90 Å². The van der Waals surface area contributed by atoms with Crippen molar-refractivity contribution in [2.75, 3.05) is 0 Å². The van der Waals surface area contributed by atoms with E-state index in [0.717, 1.165) is 30.3 Å². The molecule has 0 bridgehead atoms. The molecule has 0 radical (unpaired) electrons. The van der Waals surface area contributed by atoms with Crippen molar-refractivity contribution in [3.8, 4) is 0 Å². The molecule has 0 spiro atoms. The van der Waals surface area contributed by atoms with Gasteiger partial charge in [0.1, 0.15) is 0 Å². The number of aryl methyl sites for hydroxylation is 3. The fraction of sp³-hybridized carbons (Fsp3) is 0.500. The number of ether oxygens (including phenoxy) is 1. The zero-order valence-electron chi connectivity index (χ0n) is 17.0. The molecule has 140 valence electrons. The van der Waals surface area contributed by atoms with Crippen molar-refractivity contribution < 1.29 is 4.74 Å². The molecule has 3 nitrogen and oxygen atoms in total. The molecular formula is C22H30N2OS. The van der Waals surface area contributed by atoms with Crippen LogP contribution < -0.4 is 0 Å². The van der Waals surface area contributed by atoms with Crippen LogP contribution in [0.4, 0.5) is 0 Å². The van der Waals surface area contributed by atoms with Gasteiger partial charge < -0.3 is 4.74 Å². The number of aliphatic imine (C=N–C) groups is 1. The van der Waals surface area contributed by atoms with Gasteiger partial charge in [0.25, 0.3) is 0 Å². The lowest BCUT2D eigenvalue weighted by Crippen LogP contribution is -2.31. The normalized spacial score (nSPS) is 19.7. The molecule has 2 heterocycles. The molecule has 0 saturated heterocycles. The van der Waals surface area contributed by atoms with Gasteiger partial charge in [-0.2, -0.15) is 0 Å². The van der Waals surface area contributed by atoms with E-state index in [1.54, 1.807) is 0 Å². The predicted molar refractivity (Wildman–Crippen MR) is 113 cm³/mol. The number of allylic oxidation sites excluding steroid dienone is 1. The van der Waals surface area contributed by atoms with Crippen LogP contribution in [0.5, 0.6) is 0 Å². The Morgan fingerprint density at radius 2 is 1.73 bits per heavy atom. The third kappa shape index (κ3) is 3.44. The number of thioether (sulfide) groups is 1. The SMILES string of the molecule is CCC(CC)OC1=CC(C)=NC2=C(c3c(C)cc(C)cc3C)SC(C)N12. The molecule has 0 aliphatic carbocycles. The van der Waals surface area contributed by atoms with Crippen LogP contribution in [0.3, 0.4) is 0 Å². The van der Waals surface area contributed by atoms with Crippen LogP contribution in [-0.2, 0) is 4.74 Å². The highest BCUT2D eigenvalue weighted by atomic mass is 32.2. The molecule has 1 unspecified atom stereocenters. The van der Waals surface area contributed by atoms with Crippen molar-refractivity contribution in [3.05, 3.63) is 52.2 Å². The maximum Gasteiger partial charge on any atom is 0.198 e. The Hall–Kier alpha value is -1.68. The van der Waals surface area contributed by atoms with Crippen molar-refractivity contribution in [2.45, 2.75) is 72.8 Å². The average molecular weight is 371 g/mol. The zero-order valence-corrected chi connectivity index (χ0v) is 17.8. The highest BCUT2D eigenvalue weighted by Crippen LogP contribution is 2.49. The van der Waals surface area contributed by atoms with Crippen molar-refractivity contribution >= 4 is 22.4 Å². The Balaban J connectivity index is 2.08. The summed E-state index contributed by atoms with van der Waals surface area (Å²) in [4.78, 5) is 8.45. The molecule has 1 aromatic rings. The van der Waals surface area contributed by atoms with Gasteiger partial charge in [-0.25, -0.2) is 4.99 Å². The number of rotatable bonds is 5. The van der Waals surface area contributed by atoms with Gasteiger partial charge in [-0.3, -0.25) is 4.90 Å². The standard InChI is InChI=1S/C22H30N2OS/c1-8-18(9-2)25-19-12-16(6)23-22-21(26-17(7)24(19)22)20-14(4)10-13(3)11-15(20)5/h10-12,17-18H,8-9H2,1-7H3. The fourth-order valence-electron chi connectivity index (χ4n) is 3.82. The topological polar surface area (TPSA) is 24.8 Å². The van der Waals surface area contributed by atoms with E-state index in [0.29, 0.717) is 0 Å². The van der Waals surface area contributed by atoms with E-state index in [1.165, 1.54) is 27.2 Å². The minimum absolute atomic E-state index is 0.248. The van der Waals surface area contributed by atoms with Crippen molar-refractivity contribution in [2.24, 2.45) is 4.99 Å². The summed E-state index contributed by atoms with van der Waals surface area (Å²) < 4.78 is 6.37. The minimum atomic E-state index is 0.248. The summed E-state index contributed by atoms with van der Waals surface area (Å²) in [6.07, 6.45) is 4.36. The molecule has 26 heavy (non-hydrogen) atoms. The lowest BCUT2D eigenvalue weighted by Gasteiger charge is -2.31. The zero-order chi connectivity index (χ0) is 19.0. The van der Waals surface area contributed by atoms with Gasteiger partial charge in [0.15, 0.2) is 11.7 Å².